The number of benzene rings is 1. The van der Waals surface area contributed by atoms with E-state index in [0.29, 0.717) is 24.3 Å². The highest BCUT2D eigenvalue weighted by Crippen LogP contribution is 2.59. The molecule has 2 fully saturated rings. The van der Waals surface area contributed by atoms with E-state index in [1.165, 1.54) is 0 Å². The summed E-state index contributed by atoms with van der Waals surface area (Å²) in [6.07, 6.45) is -0.595. The van der Waals surface area contributed by atoms with E-state index in [2.05, 4.69) is 41.5 Å². The summed E-state index contributed by atoms with van der Waals surface area (Å²) in [4.78, 5) is 0. The minimum Gasteiger partial charge on any atom is -0.507 e. The van der Waals surface area contributed by atoms with Gasteiger partial charge in [0.1, 0.15) is 35.9 Å². The molecule has 0 aliphatic carbocycles. The third kappa shape index (κ3) is 2.64. The smallest absolute Gasteiger partial charge is 0.126 e. The Morgan fingerprint density at radius 3 is 1.40 bits per heavy atom. The lowest BCUT2D eigenvalue weighted by Crippen LogP contribution is -2.24. The molecule has 2 saturated heterocycles. The molecule has 0 bridgehead atoms. The Bertz CT molecular complexity index is 664. The molecule has 3 heterocycles. The molecule has 0 saturated carbocycles. The van der Waals surface area contributed by atoms with E-state index in [-0.39, 0.29) is 46.7 Å². The highest BCUT2D eigenvalue weighted by atomic mass is 16.6. The minimum absolute atomic E-state index is 0.0603. The van der Waals surface area contributed by atoms with Crippen LogP contribution in [0.5, 0.6) is 11.5 Å². The first kappa shape index (κ1) is 17.1. The second kappa shape index (κ2) is 5.12. The zero-order chi connectivity index (χ0) is 18.3. The largest absolute Gasteiger partial charge is 0.507 e. The topological polar surface area (TPSA) is 74.8 Å². The molecule has 1 aromatic rings. The first-order valence-electron chi connectivity index (χ1n) is 9.03. The van der Waals surface area contributed by atoms with Gasteiger partial charge in [-0.25, -0.2) is 0 Å². The summed E-state index contributed by atoms with van der Waals surface area (Å²) in [5.74, 6) is 0.489. The van der Waals surface area contributed by atoms with Crippen LogP contribution in [0.3, 0.4) is 0 Å². The molecule has 3 aliphatic heterocycles. The zero-order valence-corrected chi connectivity index (χ0v) is 15.8. The second-order valence-corrected chi connectivity index (χ2v) is 9.50. The normalized spacial score (nSPS) is 31.1. The summed E-state index contributed by atoms with van der Waals surface area (Å²) < 4.78 is 17.2. The number of fused-ring (bicyclic) bond motifs is 5. The third-order valence-corrected chi connectivity index (χ3v) is 5.32. The van der Waals surface area contributed by atoms with Crippen molar-refractivity contribution in [3.05, 3.63) is 22.3 Å². The lowest BCUT2D eigenvalue weighted by atomic mass is 9.71. The molecular weight excluding hydrogens is 320 g/mol. The Morgan fingerprint density at radius 1 is 0.720 bits per heavy atom. The van der Waals surface area contributed by atoms with Gasteiger partial charge in [0, 0.05) is 22.3 Å². The Kier molecular flexibility index (Phi) is 3.51. The summed E-state index contributed by atoms with van der Waals surface area (Å²) >= 11 is 0. The van der Waals surface area contributed by atoms with E-state index < -0.39 is 0 Å². The predicted molar refractivity (Wildman–Crippen MR) is 93.2 cm³/mol. The molecule has 1 aromatic carbocycles. The van der Waals surface area contributed by atoms with Crippen molar-refractivity contribution in [2.45, 2.75) is 76.8 Å². The third-order valence-electron chi connectivity index (χ3n) is 5.32. The first-order chi connectivity index (χ1) is 11.5. The van der Waals surface area contributed by atoms with Crippen LogP contribution in [0.4, 0.5) is 0 Å². The molecule has 0 radical (unpaired) electrons. The number of aromatic hydroxyl groups is 2. The lowest BCUT2D eigenvalue weighted by molar-refractivity contribution is 0.102. The second-order valence-electron chi connectivity index (χ2n) is 9.50. The van der Waals surface area contributed by atoms with Crippen LogP contribution in [-0.4, -0.2) is 35.6 Å². The molecule has 0 amide bonds. The van der Waals surface area contributed by atoms with Gasteiger partial charge in [-0.3, -0.25) is 0 Å². The number of rotatable bonds is 0. The summed E-state index contributed by atoms with van der Waals surface area (Å²) in [5, 5.41) is 22.6. The molecule has 138 valence electrons. The zero-order valence-electron chi connectivity index (χ0n) is 15.8. The number of ether oxygens (including phenoxy) is 3. The molecule has 4 unspecified atom stereocenters. The van der Waals surface area contributed by atoms with Crippen molar-refractivity contribution in [2.75, 3.05) is 13.2 Å². The number of phenolic OH excluding ortho intramolecular Hbond substituents is 2. The molecule has 4 atom stereocenters. The quantitative estimate of drug-likeness (QED) is 0.553. The minimum atomic E-state index is -0.317. The molecule has 2 N–H and O–H groups in total. The van der Waals surface area contributed by atoms with Gasteiger partial charge in [-0.2, -0.15) is 0 Å². The van der Waals surface area contributed by atoms with Gasteiger partial charge in [0.2, 0.25) is 0 Å². The fourth-order valence-electron chi connectivity index (χ4n) is 4.15. The van der Waals surface area contributed by atoms with Crippen molar-refractivity contribution in [1.29, 1.82) is 0 Å². The number of epoxide rings is 2. The molecule has 4 rings (SSSR count). The molecule has 25 heavy (non-hydrogen) atoms. The first-order valence-corrected chi connectivity index (χ1v) is 9.03. The number of phenols is 2. The Hall–Kier alpha value is -1.30. The van der Waals surface area contributed by atoms with Crippen LogP contribution < -0.4 is 0 Å². The van der Waals surface area contributed by atoms with E-state index in [9.17, 15) is 10.2 Å². The van der Waals surface area contributed by atoms with Gasteiger partial charge < -0.3 is 24.4 Å². The van der Waals surface area contributed by atoms with Crippen molar-refractivity contribution in [3.8, 4) is 11.5 Å². The predicted octanol–water partition coefficient (Wildman–Crippen LogP) is 3.60. The highest BCUT2D eigenvalue weighted by molar-refractivity contribution is 5.65. The summed E-state index contributed by atoms with van der Waals surface area (Å²) in [7, 11) is 0. The van der Waals surface area contributed by atoms with Gasteiger partial charge in [-0.1, -0.05) is 41.5 Å². The van der Waals surface area contributed by atoms with Gasteiger partial charge in [0.25, 0.3) is 0 Å². The Morgan fingerprint density at radius 2 is 1.08 bits per heavy atom. The highest BCUT2D eigenvalue weighted by Gasteiger charge is 2.54. The molecule has 0 aromatic heterocycles. The van der Waals surface area contributed by atoms with Crippen LogP contribution in [0.15, 0.2) is 0 Å². The average Bonchev–Trinajstić information content (AvgIpc) is 3.35. The van der Waals surface area contributed by atoms with E-state index >= 15 is 0 Å². The molecular formula is C20H28O5. The molecule has 0 spiro atoms. The Balaban J connectivity index is 2.03. The summed E-state index contributed by atoms with van der Waals surface area (Å²) in [6, 6.07) is 0. The van der Waals surface area contributed by atoms with Crippen molar-refractivity contribution >= 4 is 0 Å². The van der Waals surface area contributed by atoms with Crippen molar-refractivity contribution in [2.24, 2.45) is 0 Å². The van der Waals surface area contributed by atoms with Crippen LogP contribution in [-0.2, 0) is 25.0 Å². The van der Waals surface area contributed by atoms with E-state index in [4.69, 9.17) is 14.2 Å². The maximum absolute atomic E-state index is 11.3. The van der Waals surface area contributed by atoms with Gasteiger partial charge in [0.05, 0.1) is 13.2 Å². The van der Waals surface area contributed by atoms with Crippen LogP contribution in [0.1, 0.15) is 76.0 Å². The van der Waals surface area contributed by atoms with Crippen molar-refractivity contribution in [1.82, 2.24) is 0 Å². The molecule has 5 nitrogen and oxygen atoms in total. The monoisotopic (exact) mass is 348 g/mol. The maximum atomic E-state index is 11.3. The lowest BCUT2D eigenvalue weighted by Gasteiger charge is -2.33. The van der Waals surface area contributed by atoms with Gasteiger partial charge in [0.15, 0.2) is 0 Å². The van der Waals surface area contributed by atoms with Crippen molar-refractivity contribution in [3.63, 3.8) is 0 Å². The maximum Gasteiger partial charge on any atom is 0.126 e. The summed E-state index contributed by atoms with van der Waals surface area (Å²) in [6.45, 7) is 13.3. The average molecular weight is 348 g/mol. The summed E-state index contributed by atoms with van der Waals surface area (Å²) in [5.41, 5.74) is 2.34. The Labute approximate surface area is 148 Å². The number of hydrogen-bond acceptors (Lipinski definition) is 5. The van der Waals surface area contributed by atoms with Crippen LogP contribution >= 0.6 is 0 Å². The number of hydrogen-bond donors (Lipinski definition) is 2. The van der Waals surface area contributed by atoms with Gasteiger partial charge >= 0.3 is 0 Å². The van der Waals surface area contributed by atoms with Gasteiger partial charge in [-0.05, 0) is 10.8 Å². The van der Waals surface area contributed by atoms with E-state index in [1.807, 2.05) is 0 Å². The van der Waals surface area contributed by atoms with Crippen LogP contribution in [0.25, 0.3) is 0 Å². The van der Waals surface area contributed by atoms with E-state index in [0.717, 1.165) is 11.1 Å². The molecule has 5 heteroatoms. The fourth-order valence-corrected chi connectivity index (χ4v) is 4.15. The van der Waals surface area contributed by atoms with E-state index in [1.54, 1.807) is 0 Å². The standard InChI is InChI=1S/C20H28O5/c1-19(2,3)13-14(20(4,5)6)16(22)12-11(15(13)21)17-9(24-17)7-23-8-10-18(12)25-10/h9-10,17-18,21-22H,7-8H2,1-6H3. The van der Waals surface area contributed by atoms with Crippen molar-refractivity contribution < 1.29 is 24.4 Å². The van der Waals surface area contributed by atoms with Gasteiger partial charge in [-0.15, -0.1) is 0 Å². The fraction of sp³-hybridized carbons (Fsp3) is 0.700. The van der Waals surface area contributed by atoms with Crippen LogP contribution in [0.2, 0.25) is 0 Å². The SMILES string of the molecule is CC(C)(C)c1c(O)c2c(c(O)c1C(C)(C)C)C1OC1COCC1OC21. The molecule has 3 aliphatic rings. The van der Waals surface area contributed by atoms with Crippen LogP contribution in [0, 0.1) is 0 Å².